The molecular weight excluding hydrogens is 252 g/mol. The van der Waals surface area contributed by atoms with Gasteiger partial charge in [-0.3, -0.25) is 0 Å². The molecule has 0 aromatic rings. The van der Waals surface area contributed by atoms with Crippen LogP contribution in [0.15, 0.2) is 0 Å². The smallest absolute Gasteiger partial charge is 0.0700 e. The van der Waals surface area contributed by atoms with Gasteiger partial charge in [-0.05, 0) is 65.6 Å². The van der Waals surface area contributed by atoms with Crippen molar-refractivity contribution in [3.05, 3.63) is 0 Å². The summed E-state index contributed by atoms with van der Waals surface area (Å²) in [5, 5.41) is 3.72. The third kappa shape index (κ3) is 8.20. The number of nitrogens with one attached hydrogen (secondary N) is 1. The third-order valence-corrected chi connectivity index (χ3v) is 4.07. The van der Waals surface area contributed by atoms with Gasteiger partial charge < -0.3 is 19.7 Å². The summed E-state index contributed by atoms with van der Waals surface area (Å²) in [7, 11) is 1.71. The number of likely N-dealkylation sites (tertiary alicyclic amines) is 1. The van der Waals surface area contributed by atoms with Crippen molar-refractivity contribution >= 4 is 0 Å². The molecule has 0 aromatic heterocycles. The van der Waals surface area contributed by atoms with Crippen LogP contribution in [-0.4, -0.2) is 63.5 Å². The molecule has 0 radical (unpaired) electrons. The molecule has 1 atom stereocenters. The molecule has 20 heavy (non-hydrogen) atoms. The Bertz CT molecular complexity index is 225. The van der Waals surface area contributed by atoms with Crippen LogP contribution in [0, 0.1) is 0 Å². The Kier molecular flexibility index (Phi) is 10.3. The Morgan fingerprint density at radius 2 is 1.95 bits per heavy atom. The zero-order valence-corrected chi connectivity index (χ0v) is 13.7. The summed E-state index contributed by atoms with van der Waals surface area (Å²) in [6.07, 6.45) is 6.30. The standard InChI is InChI=1S/C16H34N2O2/c1-15(2)18-10-6-7-16(8-11-18)17-9-4-5-12-20-14-13-19-3/h15-17H,4-14H2,1-3H3. The monoisotopic (exact) mass is 286 g/mol. The Labute approximate surface area is 125 Å². The first-order valence-electron chi connectivity index (χ1n) is 8.28. The predicted octanol–water partition coefficient (Wildman–Crippen LogP) is 2.28. The van der Waals surface area contributed by atoms with E-state index in [1.807, 2.05) is 0 Å². The topological polar surface area (TPSA) is 33.7 Å². The summed E-state index contributed by atoms with van der Waals surface area (Å²) in [6, 6.07) is 1.41. The molecule has 0 aliphatic carbocycles. The molecule has 1 unspecified atom stereocenters. The first-order valence-corrected chi connectivity index (χ1v) is 8.28. The maximum absolute atomic E-state index is 5.47. The predicted molar refractivity (Wildman–Crippen MR) is 84.3 cm³/mol. The van der Waals surface area contributed by atoms with Gasteiger partial charge in [0.1, 0.15) is 0 Å². The van der Waals surface area contributed by atoms with Gasteiger partial charge >= 0.3 is 0 Å². The molecule has 4 nitrogen and oxygen atoms in total. The lowest BCUT2D eigenvalue weighted by atomic mass is 10.1. The van der Waals surface area contributed by atoms with E-state index >= 15 is 0 Å². The molecule has 1 fully saturated rings. The molecule has 1 aliphatic rings. The van der Waals surface area contributed by atoms with Crippen molar-refractivity contribution in [3.8, 4) is 0 Å². The molecule has 4 heteroatoms. The van der Waals surface area contributed by atoms with Crippen LogP contribution in [0.25, 0.3) is 0 Å². The molecule has 1 saturated heterocycles. The Morgan fingerprint density at radius 1 is 1.10 bits per heavy atom. The summed E-state index contributed by atoms with van der Waals surface area (Å²) >= 11 is 0. The van der Waals surface area contributed by atoms with Gasteiger partial charge in [-0.25, -0.2) is 0 Å². The molecule has 1 N–H and O–H groups in total. The van der Waals surface area contributed by atoms with Crippen LogP contribution in [0.1, 0.15) is 46.0 Å². The van der Waals surface area contributed by atoms with Crippen LogP contribution in [0.2, 0.25) is 0 Å². The van der Waals surface area contributed by atoms with Crippen molar-refractivity contribution in [2.24, 2.45) is 0 Å². The summed E-state index contributed by atoms with van der Waals surface area (Å²) in [4.78, 5) is 2.60. The van der Waals surface area contributed by atoms with Crippen LogP contribution >= 0.6 is 0 Å². The highest BCUT2D eigenvalue weighted by Crippen LogP contribution is 2.13. The van der Waals surface area contributed by atoms with Crippen molar-refractivity contribution in [1.82, 2.24) is 10.2 Å². The molecule has 1 aliphatic heterocycles. The zero-order chi connectivity index (χ0) is 14.6. The SMILES string of the molecule is COCCOCCCCNC1CCCN(C(C)C)CC1. The van der Waals surface area contributed by atoms with Gasteiger partial charge in [-0.15, -0.1) is 0 Å². The highest BCUT2D eigenvalue weighted by Gasteiger charge is 2.17. The molecule has 120 valence electrons. The largest absolute Gasteiger partial charge is 0.382 e. The van der Waals surface area contributed by atoms with Crippen molar-refractivity contribution < 1.29 is 9.47 Å². The van der Waals surface area contributed by atoms with Gasteiger partial charge in [0.15, 0.2) is 0 Å². The number of ether oxygens (including phenoxy) is 2. The van der Waals surface area contributed by atoms with Gasteiger partial charge in [0.2, 0.25) is 0 Å². The fraction of sp³-hybridized carbons (Fsp3) is 1.00. The lowest BCUT2D eigenvalue weighted by Crippen LogP contribution is -2.34. The van der Waals surface area contributed by atoms with Crippen LogP contribution < -0.4 is 5.32 Å². The minimum absolute atomic E-state index is 0.693. The lowest BCUT2D eigenvalue weighted by Gasteiger charge is -2.24. The first kappa shape index (κ1) is 17.9. The molecule has 0 spiro atoms. The molecule has 0 saturated carbocycles. The van der Waals surface area contributed by atoms with Gasteiger partial charge in [-0.1, -0.05) is 0 Å². The highest BCUT2D eigenvalue weighted by molar-refractivity contribution is 4.76. The second-order valence-electron chi connectivity index (χ2n) is 6.02. The van der Waals surface area contributed by atoms with Crippen LogP contribution in [0.5, 0.6) is 0 Å². The van der Waals surface area contributed by atoms with Gasteiger partial charge in [0, 0.05) is 25.8 Å². The lowest BCUT2D eigenvalue weighted by molar-refractivity contribution is 0.0687. The van der Waals surface area contributed by atoms with E-state index in [1.54, 1.807) is 7.11 Å². The third-order valence-electron chi connectivity index (χ3n) is 4.07. The second-order valence-corrected chi connectivity index (χ2v) is 6.02. The van der Waals surface area contributed by atoms with Gasteiger partial charge in [0.05, 0.1) is 13.2 Å². The first-order chi connectivity index (χ1) is 9.74. The summed E-state index contributed by atoms with van der Waals surface area (Å²) in [5.41, 5.74) is 0. The second kappa shape index (κ2) is 11.5. The summed E-state index contributed by atoms with van der Waals surface area (Å²) in [5.74, 6) is 0. The molecular formula is C16H34N2O2. The van der Waals surface area contributed by atoms with Crippen molar-refractivity contribution in [1.29, 1.82) is 0 Å². The van der Waals surface area contributed by atoms with Crippen molar-refractivity contribution in [2.45, 2.75) is 58.0 Å². The molecule has 0 bridgehead atoms. The summed E-state index contributed by atoms with van der Waals surface area (Å²) in [6.45, 7) is 10.5. The zero-order valence-electron chi connectivity index (χ0n) is 13.7. The number of methoxy groups -OCH3 is 1. The van der Waals surface area contributed by atoms with E-state index in [4.69, 9.17) is 9.47 Å². The van der Waals surface area contributed by atoms with Crippen LogP contribution in [0.4, 0.5) is 0 Å². The minimum atomic E-state index is 0.693. The van der Waals surface area contributed by atoms with E-state index in [2.05, 4.69) is 24.1 Å². The van der Waals surface area contributed by atoms with Crippen LogP contribution in [-0.2, 0) is 9.47 Å². The Hall–Kier alpha value is -0.160. The van der Waals surface area contributed by atoms with E-state index in [0.717, 1.165) is 26.2 Å². The maximum Gasteiger partial charge on any atom is 0.0700 e. The van der Waals surface area contributed by atoms with Crippen molar-refractivity contribution in [3.63, 3.8) is 0 Å². The van der Waals surface area contributed by atoms with E-state index in [-0.39, 0.29) is 0 Å². The number of unbranched alkanes of at least 4 members (excludes halogenated alkanes) is 1. The number of nitrogens with zero attached hydrogens (tertiary/aromatic N) is 1. The van der Waals surface area contributed by atoms with E-state index < -0.39 is 0 Å². The summed E-state index contributed by atoms with van der Waals surface area (Å²) < 4.78 is 10.4. The van der Waals surface area contributed by atoms with Crippen molar-refractivity contribution in [2.75, 3.05) is 46.6 Å². The number of hydrogen-bond donors (Lipinski definition) is 1. The van der Waals surface area contributed by atoms with E-state index in [1.165, 1.54) is 38.8 Å². The molecule has 1 heterocycles. The van der Waals surface area contributed by atoms with Crippen LogP contribution in [0.3, 0.4) is 0 Å². The van der Waals surface area contributed by atoms with Gasteiger partial charge in [0.25, 0.3) is 0 Å². The number of hydrogen-bond acceptors (Lipinski definition) is 4. The minimum Gasteiger partial charge on any atom is -0.382 e. The fourth-order valence-corrected chi connectivity index (χ4v) is 2.72. The molecule has 0 aromatic carbocycles. The van der Waals surface area contributed by atoms with E-state index in [0.29, 0.717) is 18.7 Å². The average Bonchev–Trinajstić information content (AvgIpc) is 2.67. The Morgan fingerprint density at radius 3 is 2.70 bits per heavy atom. The van der Waals surface area contributed by atoms with E-state index in [9.17, 15) is 0 Å². The molecule has 0 amide bonds. The highest BCUT2D eigenvalue weighted by atomic mass is 16.5. The molecule has 1 rings (SSSR count). The quantitative estimate of drug-likeness (QED) is 0.625. The fourth-order valence-electron chi connectivity index (χ4n) is 2.72. The van der Waals surface area contributed by atoms with Gasteiger partial charge in [-0.2, -0.15) is 0 Å². The maximum atomic E-state index is 5.47. The Balaban J connectivity index is 1.96. The normalized spacial score (nSPS) is 21.3. The average molecular weight is 286 g/mol. The number of rotatable bonds is 10.